The molecule has 7 nitrogen and oxygen atoms in total. The summed E-state index contributed by atoms with van der Waals surface area (Å²) in [6.45, 7) is 0. The highest BCUT2D eigenvalue weighted by Gasteiger charge is 2.12. The van der Waals surface area contributed by atoms with E-state index in [0.29, 0.717) is 16.4 Å². The van der Waals surface area contributed by atoms with Crippen molar-refractivity contribution < 1.29 is 10.0 Å². The first-order valence-corrected chi connectivity index (χ1v) is 6.31. The second-order valence-corrected chi connectivity index (χ2v) is 4.69. The van der Waals surface area contributed by atoms with Crippen molar-refractivity contribution in [2.75, 3.05) is 5.43 Å². The van der Waals surface area contributed by atoms with Crippen LogP contribution < -0.4 is 5.43 Å². The highest BCUT2D eigenvalue weighted by Crippen LogP contribution is 2.25. The number of nitrogens with one attached hydrogen (secondary N) is 1. The number of hydrogen-bond acceptors (Lipinski definition) is 6. The number of pyridine rings is 1. The van der Waals surface area contributed by atoms with Crippen LogP contribution in [0.5, 0.6) is 5.75 Å². The third-order valence-electron chi connectivity index (χ3n) is 2.35. The molecule has 9 heteroatoms. The molecule has 0 fully saturated rings. The lowest BCUT2D eigenvalue weighted by molar-refractivity contribution is -0.385. The van der Waals surface area contributed by atoms with Crippen LogP contribution in [-0.4, -0.2) is 21.2 Å². The molecule has 0 unspecified atom stereocenters. The Morgan fingerprint density at radius 3 is 2.71 bits per heavy atom. The molecule has 2 N–H and O–H groups in total. The molecule has 0 bridgehead atoms. The Balaban J connectivity index is 2.11. The van der Waals surface area contributed by atoms with Gasteiger partial charge in [-0.05, 0) is 23.8 Å². The number of phenols is 1. The molecule has 0 aliphatic heterocycles. The summed E-state index contributed by atoms with van der Waals surface area (Å²) in [4.78, 5) is 13.8. The summed E-state index contributed by atoms with van der Waals surface area (Å²) in [5.41, 5.74) is 2.70. The van der Waals surface area contributed by atoms with Gasteiger partial charge in [0.25, 0.3) is 0 Å². The fraction of sp³-hybridized carbons (Fsp3) is 0. The molecular weight excluding hydrogens is 319 g/mol. The number of phenolic OH excluding ortho intramolecular Hbond substituents is 1. The summed E-state index contributed by atoms with van der Waals surface area (Å²) >= 11 is 11.5. The minimum Gasteiger partial charge on any atom is -0.502 e. The van der Waals surface area contributed by atoms with E-state index in [1.54, 1.807) is 0 Å². The fourth-order valence-electron chi connectivity index (χ4n) is 1.47. The second-order valence-electron chi connectivity index (χ2n) is 3.87. The van der Waals surface area contributed by atoms with Gasteiger partial charge in [0.2, 0.25) is 0 Å². The van der Waals surface area contributed by atoms with Gasteiger partial charge in [0, 0.05) is 17.2 Å². The van der Waals surface area contributed by atoms with E-state index in [1.165, 1.54) is 36.5 Å². The molecule has 2 rings (SSSR count). The maximum atomic E-state index is 10.6. The van der Waals surface area contributed by atoms with Gasteiger partial charge in [0.15, 0.2) is 5.75 Å². The van der Waals surface area contributed by atoms with Crippen molar-refractivity contribution in [3.63, 3.8) is 0 Å². The van der Waals surface area contributed by atoms with Crippen molar-refractivity contribution in [2.24, 2.45) is 5.10 Å². The van der Waals surface area contributed by atoms with Gasteiger partial charge in [-0.1, -0.05) is 23.2 Å². The highest BCUT2D eigenvalue weighted by molar-refractivity contribution is 6.34. The van der Waals surface area contributed by atoms with Crippen LogP contribution in [0.2, 0.25) is 10.2 Å². The SMILES string of the molecule is O=[N+]([O-])c1ccc(C=NNc2cc(Cl)cc(Cl)n2)cc1O. The third kappa shape index (κ3) is 4.04. The molecule has 0 aliphatic carbocycles. The molecule has 0 spiro atoms. The van der Waals surface area contributed by atoms with Crippen LogP contribution in [-0.2, 0) is 0 Å². The molecule has 0 atom stereocenters. The number of nitrogens with zero attached hydrogens (tertiary/aromatic N) is 3. The lowest BCUT2D eigenvalue weighted by Gasteiger charge is -2.01. The fourth-order valence-corrected chi connectivity index (χ4v) is 1.94. The van der Waals surface area contributed by atoms with Gasteiger partial charge in [-0.15, -0.1) is 0 Å². The van der Waals surface area contributed by atoms with Crippen molar-refractivity contribution in [1.82, 2.24) is 4.98 Å². The topological polar surface area (TPSA) is 101 Å². The zero-order valence-corrected chi connectivity index (χ0v) is 11.8. The number of aromatic hydroxyl groups is 1. The number of aromatic nitrogens is 1. The van der Waals surface area contributed by atoms with Gasteiger partial charge in [0.1, 0.15) is 11.0 Å². The van der Waals surface area contributed by atoms with Crippen molar-refractivity contribution in [3.8, 4) is 5.75 Å². The molecule has 0 saturated heterocycles. The lowest BCUT2D eigenvalue weighted by Crippen LogP contribution is -1.94. The van der Waals surface area contributed by atoms with Crippen molar-refractivity contribution in [1.29, 1.82) is 0 Å². The number of nitro benzene ring substituents is 1. The standard InChI is InChI=1S/C12H8Cl2N4O3/c13-8-4-11(14)16-12(5-8)17-15-6-7-1-2-9(18(20)21)10(19)3-7/h1-6,19H,(H,16,17). The summed E-state index contributed by atoms with van der Waals surface area (Å²) in [6.07, 6.45) is 1.36. The lowest BCUT2D eigenvalue weighted by atomic mass is 10.2. The maximum Gasteiger partial charge on any atom is 0.310 e. The van der Waals surface area contributed by atoms with E-state index < -0.39 is 10.7 Å². The van der Waals surface area contributed by atoms with E-state index >= 15 is 0 Å². The van der Waals surface area contributed by atoms with Crippen LogP contribution in [0.15, 0.2) is 35.4 Å². The molecular formula is C12H8Cl2N4O3. The number of halogens is 2. The molecule has 2 aromatic rings. The monoisotopic (exact) mass is 326 g/mol. The first kappa shape index (κ1) is 15.0. The molecule has 0 radical (unpaired) electrons. The zero-order valence-electron chi connectivity index (χ0n) is 10.3. The predicted octanol–water partition coefficient (Wildman–Crippen LogP) is 3.45. The first-order chi connectivity index (χ1) is 9.95. The number of benzene rings is 1. The van der Waals surface area contributed by atoms with Crippen molar-refractivity contribution in [2.45, 2.75) is 0 Å². The Morgan fingerprint density at radius 2 is 2.10 bits per heavy atom. The molecule has 108 valence electrons. The summed E-state index contributed by atoms with van der Waals surface area (Å²) < 4.78 is 0. The van der Waals surface area contributed by atoms with Gasteiger partial charge >= 0.3 is 5.69 Å². The number of hydrazone groups is 1. The largest absolute Gasteiger partial charge is 0.502 e. The van der Waals surface area contributed by atoms with Gasteiger partial charge in [-0.25, -0.2) is 4.98 Å². The summed E-state index contributed by atoms with van der Waals surface area (Å²) in [7, 11) is 0. The Bertz CT molecular complexity index is 701. The molecule has 1 aromatic carbocycles. The Labute approximate surface area is 129 Å². The van der Waals surface area contributed by atoms with Gasteiger partial charge in [-0.3, -0.25) is 15.5 Å². The Kier molecular flexibility index (Phi) is 4.56. The number of nitro groups is 1. The molecule has 1 heterocycles. The summed E-state index contributed by atoms with van der Waals surface area (Å²) in [6, 6.07) is 6.86. The van der Waals surface area contributed by atoms with E-state index in [9.17, 15) is 15.2 Å². The molecule has 0 saturated carbocycles. The van der Waals surface area contributed by atoms with Gasteiger partial charge < -0.3 is 5.11 Å². The van der Waals surface area contributed by atoms with E-state index in [0.717, 1.165) is 0 Å². The Hall–Kier alpha value is -2.38. The minimum absolute atomic E-state index is 0.216. The average Bonchev–Trinajstić information content (AvgIpc) is 2.37. The quantitative estimate of drug-likeness (QED) is 0.388. The van der Waals surface area contributed by atoms with Crippen LogP contribution in [0.3, 0.4) is 0 Å². The smallest absolute Gasteiger partial charge is 0.310 e. The number of hydrogen-bond donors (Lipinski definition) is 2. The molecule has 1 aromatic heterocycles. The van der Waals surface area contributed by atoms with Gasteiger partial charge in [-0.2, -0.15) is 5.10 Å². The van der Waals surface area contributed by atoms with Crippen LogP contribution in [0.25, 0.3) is 0 Å². The average molecular weight is 327 g/mol. The highest BCUT2D eigenvalue weighted by atomic mass is 35.5. The molecule has 21 heavy (non-hydrogen) atoms. The third-order valence-corrected chi connectivity index (χ3v) is 2.76. The zero-order chi connectivity index (χ0) is 15.4. The Morgan fingerprint density at radius 1 is 1.33 bits per heavy atom. The minimum atomic E-state index is -0.674. The van der Waals surface area contributed by atoms with E-state index in [4.69, 9.17) is 23.2 Å². The summed E-state index contributed by atoms with van der Waals surface area (Å²) in [5, 5.41) is 24.5. The van der Waals surface area contributed by atoms with Crippen LogP contribution in [0.1, 0.15) is 5.56 Å². The predicted molar refractivity (Wildman–Crippen MR) is 80.2 cm³/mol. The van der Waals surface area contributed by atoms with Crippen LogP contribution in [0, 0.1) is 10.1 Å². The maximum absolute atomic E-state index is 10.6. The van der Waals surface area contributed by atoms with E-state index in [2.05, 4.69) is 15.5 Å². The van der Waals surface area contributed by atoms with Gasteiger partial charge in [0.05, 0.1) is 11.1 Å². The van der Waals surface area contributed by atoms with E-state index in [1.807, 2.05) is 0 Å². The first-order valence-electron chi connectivity index (χ1n) is 5.55. The van der Waals surface area contributed by atoms with Crippen LogP contribution >= 0.6 is 23.2 Å². The normalized spacial score (nSPS) is 10.8. The van der Waals surface area contributed by atoms with E-state index in [-0.39, 0.29) is 10.8 Å². The molecule has 0 amide bonds. The van der Waals surface area contributed by atoms with Crippen LogP contribution in [0.4, 0.5) is 11.5 Å². The number of rotatable bonds is 4. The number of anilines is 1. The van der Waals surface area contributed by atoms with Crippen molar-refractivity contribution in [3.05, 3.63) is 56.2 Å². The van der Waals surface area contributed by atoms with Crippen molar-refractivity contribution >= 4 is 40.9 Å². The second kappa shape index (κ2) is 6.38. The molecule has 0 aliphatic rings. The summed E-state index contributed by atoms with van der Waals surface area (Å²) in [5.74, 6) is -0.0947.